The van der Waals surface area contributed by atoms with Crippen molar-refractivity contribution in [1.29, 1.82) is 0 Å². The molecule has 0 aliphatic carbocycles. The van der Waals surface area contributed by atoms with Crippen molar-refractivity contribution >= 4 is 45.2 Å². The van der Waals surface area contributed by atoms with E-state index in [9.17, 15) is 9.59 Å². The molecule has 176 valence electrons. The summed E-state index contributed by atoms with van der Waals surface area (Å²) in [4.78, 5) is 27.7. The fourth-order valence-electron chi connectivity index (χ4n) is 4.23. The average molecular weight is 534 g/mol. The van der Waals surface area contributed by atoms with Crippen molar-refractivity contribution in [2.75, 3.05) is 19.6 Å². The van der Waals surface area contributed by atoms with Crippen molar-refractivity contribution in [2.45, 2.75) is 45.1 Å². The molecule has 0 saturated carbocycles. The normalized spacial score (nSPS) is 15.3. The van der Waals surface area contributed by atoms with Crippen LogP contribution >= 0.6 is 28.3 Å². The van der Waals surface area contributed by atoms with Gasteiger partial charge in [-0.1, -0.05) is 61.0 Å². The second-order valence-electron chi connectivity index (χ2n) is 9.46. The van der Waals surface area contributed by atoms with Gasteiger partial charge in [0.2, 0.25) is 0 Å². The van der Waals surface area contributed by atoms with Gasteiger partial charge in [0, 0.05) is 17.1 Å². The Labute approximate surface area is 209 Å². The van der Waals surface area contributed by atoms with Crippen LogP contribution in [0, 0.1) is 0 Å². The third kappa shape index (κ3) is 5.86. The number of rotatable bonds is 5. The van der Waals surface area contributed by atoms with Crippen LogP contribution in [0.15, 0.2) is 62.2 Å². The summed E-state index contributed by atoms with van der Waals surface area (Å²) in [5.41, 5.74) is 2.74. The number of nitrogens with one attached hydrogen (secondary N) is 1. The van der Waals surface area contributed by atoms with Crippen LogP contribution in [0.4, 0.5) is 0 Å². The first kappa shape index (κ1) is 25.5. The van der Waals surface area contributed by atoms with E-state index in [-0.39, 0.29) is 41.0 Å². The molecule has 1 atom stereocenters. The summed E-state index contributed by atoms with van der Waals surface area (Å²) in [6.07, 6.45) is 2.33. The van der Waals surface area contributed by atoms with Crippen molar-refractivity contribution in [3.8, 4) is 0 Å². The Kier molecular flexibility index (Phi) is 8.04. The summed E-state index contributed by atoms with van der Waals surface area (Å²) in [6, 6.07) is 15.2. The SMILES string of the molecule is CC(C)(C)c1ccc(C(CNC(=O)c2cc(=O)c3ccc(Br)cc3o2)N2CCCC2)cc1.Cl. The number of hydrogen-bond acceptors (Lipinski definition) is 4. The number of likely N-dealkylation sites (tertiary alicyclic amines) is 1. The van der Waals surface area contributed by atoms with Crippen LogP contribution in [0.5, 0.6) is 0 Å². The maximum Gasteiger partial charge on any atom is 0.287 e. The van der Waals surface area contributed by atoms with E-state index in [0.717, 1.165) is 17.6 Å². The molecule has 1 aromatic heterocycles. The van der Waals surface area contributed by atoms with E-state index < -0.39 is 0 Å². The fraction of sp³-hybridized carbons (Fsp3) is 0.385. The maximum absolute atomic E-state index is 12.9. The van der Waals surface area contributed by atoms with Crippen LogP contribution in [0.1, 0.15) is 61.3 Å². The number of carbonyl (C=O) groups is 1. The van der Waals surface area contributed by atoms with Crippen molar-refractivity contribution in [1.82, 2.24) is 10.2 Å². The molecule has 5 nitrogen and oxygen atoms in total. The molecule has 1 aliphatic heterocycles. The molecular weight excluding hydrogens is 504 g/mol. The van der Waals surface area contributed by atoms with Gasteiger partial charge in [-0.25, -0.2) is 0 Å². The predicted molar refractivity (Wildman–Crippen MR) is 138 cm³/mol. The number of amides is 1. The highest BCUT2D eigenvalue weighted by atomic mass is 79.9. The van der Waals surface area contributed by atoms with Gasteiger partial charge in [0.15, 0.2) is 11.2 Å². The van der Waals surface area contributed by atoms with Crippen LogP contribution in [0.25, 0.3) is 11.0 Å². The standard InChI is InChI=1S/C26H29BrN2O3.ClH/c1-26(2,3)18-8-6-17(7-9-18)21(29-12-4-5-13-29)16-28-25(31)24-15-22(30)20-11-10-19(27)14-23(20)32-24;/h6-11,14-15,21H,4-5,12-13,16H2,1-3H3,(H,28,31);1H. The van der Waals surface area contributed by atoms with Gasteiger partial charge in [-0.15, -0.1) is 12.4 Å². The highest BCUT2D eigenvalue weighted by Crippen LogP contribution is 2.28. The Bertz CT molecular complexity index is 1180. The molecule has 33 heavy (non-hydrogen) atoms. The molecule has 4 rings (SSSR count). The molecule has 1 saturated heterocycles. The second-order valence-corrected chi connectivity index (χ2v) is 10.4. The lowest BCUT2D eigenvalue weighted by Crippen LogP contribution is -2.37. The van der Waals surface area contributed by atoms with Gasteiger partial charge < -0.3 is 9.73 Å². The zero-order valence-electron chi connectivity index (χ0n) is 19.2. The van der Waals surface area contributed by atoms with E-state index in [2.05, 4.69) is 71.2 Å². The zero-order chi connectivity index (χ0) is 22.9. The lowest BCUT2D eigenvalue weighted by atomic mass is 9.86. The van der Waals surface area contributed by atoms with Gasteiger partial charge in [0.1, 0.15) is 5.58 Å². The molecule has 1 unspecified atom stereocenters. The first-order valence-corrected chi connectivity index (χ1v) is 11.9. The van der Waals surface area contributed by atoms with Crippen molar-refractivity contribution < 1.29 is 9.21 Å². The van der Waals surface area contributed by atoms with E-state index in [4.69, 9.17) is 4.42 Å². The van der Waals surface area contributed by atoms with Gasteiger partial charge in [-0.3, -0.25) is 14.5 Å². The number of benzene rings is 2. The maximum atomic E-state index is 12.9. The topological polar surface area (TPSA) is 62.6 Å². The van der Waals surface area contributed by atoms with Crippen molar-refractivity contribution in [3.63, 3.8) is 0 Å². The minimum atomic E-state index is -0.375. The van der Waals surface area contributed by atoms with Crippen molar-refractivity contribution in [3.05, 3.63) is 80.1 Å². The quantitative estimate of drug-likeness (QED) is 0.447. The van der Waals surface area contributed by atoms with Gasteiger partial charge in [-0.2, -0.15) is 0 Å². The van der Waals surface area contributed by atoms with Gasteiger partial charge in [0.05, 0.1) is 11.4 Å². The van der Waals surface area contributed by atoms with Crippen LogP contribution in [-0.4, -0.2) is 30.4 Å². The van der Waals surface area contributed by atoms with Crippen LogP contribution in [0.3, 0.4) is 0 Å². The zero-order valence-corrected chi connectivity index (χ0v) is 21.6. The number of fused-ring (bicyclic) bond motifs is 1. The van der Waals surface area contributed by atoms with Crippen LogP contribution < -0.4 is 10.7 Å². The Morgan fingerprint density at radius 3 is 2.39 bits per heavy atom. The molecule has 1 fully saturated rings. The van der Waals surface area contributed by atoms with Gasteiger partial charge in [-0.05, 0) is 60.7 Å². The molecular formula is C26H30BrClN2O3. The Balaban J connectivity index is 0.00000306. The predicted octanol–water partition coefficient (Wildman–Crippen LogP) is 5.84. The number of carbonyl (C=O) groups excluding carboxylic acids is 1. The summed E-state index contributed by atoms with van der Waals surface area (Å²) >= 11 is 3.38. The highest BCUT2D eigenvalue weighted by Gasteiger charge is 2.25. The molecule has 1 aliphatic rings. The van der Waals surface area contributed by atoms with Crippen LogP contribution in [-0.2, 0) is 5.41 Å². The molecule has 1 amide bonds. The molecule has 3 aromatic rings. The number of halogens is 2. The molecule has 2 aromatic carbocycles. The summed E-state index contributed by atoms with van der Waals surface area (Å²) < 4.78 is 6.54. The third-order valence-electron chi connectivity index (χ3n) is 6.11. The Hall–Kier alpha value is -2.15. The van der Waals surface area contributed by atoms with E-state index in [1.807, 2.05) is 0 Å². The monoisotopic (exact) mass is 532 g/mol. The second kappa shape index (κ2) is 10.4. The van der Waals surface area contributed by atoms with E-state index in [1.54, 1.807) is 18.2 Å². The van der Waals surface area contributed by atoms with E-state index >= 15 is 0 Å². The summed E-state index contributed by atoms with van der Waals surface area (Å²) in [5.74, 6) is -0.344. The molecule has 2 heterocycles. The van der Waals surface area contributed by atoms with Crippen molar-refractivity contribution in [2.24, 2.45) is 0 Å². The number of nitrogens with zero attached hydrogens (tertiary/aromatic N) is 1. The average Bonchev–Trinajstić information content (AvgIpc) is 3.27. The Morgan fingerprint density at radius 2 is 1.76 bits per heavy atom. The number of hydrogen-bond donors (Lipinski definition) is 1. The molecule has 0 spiro atoms. The lowest BCUT2D eigenvalue weighted by Gasteiger charge is -2.29. The summed E-state index contributed by atoms with van der Waals surface area (Å²) in [6.45, 7) is 9.09. The van der Waals surface area contributed by atoms with Crippen LogP contribution in [0.2, 0.25) is 0 Å². The molecule has 1 N–H and O–H groups in total. The first-order valence-electron chi connectivity index (χ1n) is 11.1. The smallest absolute Gasteiger partial charge is 0.287 e. The highest BCUT2D eigenvalue weighted by molar-refractivity contribution is 9.10. The molecule has 0 radical (unpaired) electrons. The Morgan fingerprint density at radius 1 is 1.09 bits per heavy atom. The lowest BCUT2D eigenvalue weighted by molar-refractivity contribution is 0.0910. The van der Waals surface area contributed by atoms with E-state index in [0.29, 0.717) is 17.5 Å². The summed E-state index contributed by atoms with van der Waals surface area (Å²) in [5, 5.41) is 3.46. The van der Waals surface area contributed by atoms with E-state index in [1.165, 1.54) is 30.0 Å². The minimum Gasteiger partial charge on any atom is -0.451 e. The fourth-order valence-corrected chi connectivity index (χ4v) is 4.57. The van der Waals surface area contributed by atoms with Gasteiger partial charge in [0.25, 0.3) is 5.91 Å². The largest absolute Gasteiger partial charge is 0.451 e. The first-order chi connectivity index (χ1) is 15.2. The third-order valence-corrected chi connectivity index (χ3v) is 6.61. The van der Waals surface area contributed by atoms with Gasteiger partial charge >= 0.3 is 0 Å². The summed E-state index contributed by atoms with van der Waals surface area (Å²) in [7, 11) is 0. The molecule has 0 bridgehead atoms. The molecule has 7 heteroatoms. The minimum absolute atomic E-state index is 0.